The van der Waals surface area contributed by atoms with Crippen LogP contribution in [0.15, 0.2) is 12.1 Å². The van der Waals surface area contributed by atoms with Crippen molar-refractivity contribution in [2.45, 2.75) is 6.92 Å². The van der Waals surface area contributed by atoms with Crippen LogP contribution in [0.2, 0.25) is 5.02 Å². The molecule has 0 aromatic carbocycles. The number of carbonyl (C=O) groups is 1. The molecule has 0 bridgehead atoms. The molecule has 20 heavy (non-hydrogen) atoms. The van der Waals surface area contributed by atoms with Crippen LogP contribution in [0.3, 0.4) is 0 Å². The van der Waals surface area contributed by atoms with Crippen LogP contribution < -0.4 is 10.6 Å². The van der Waals surface area contributed by atoms with E-state index in [1.54, 1.807) is 19.2 Å². The number of anilines is 1. The fourth-order valence-electron chi connectivity index (χ4n) is 1.45. The normalized spacial score (nSPS) is 10.3. The zero-order chi connectivity index (χ0) is 14.8. The third-order valence-electron chi connectivity index (χ3n) is 2.38. The molecule has 1 amide bonds. The standard InChI is InChI=1S/C13H20ClN3O3/c1-3-15-11-5-4-10(14)12(17-11)13(18)16-6-7-20-9-8-19-2/h4-5H,3,6-9H2,1-2H3,(H,15,17)(H,16,18). The molecule has 0 unspecified atom stereocenters. The lowest BCUT2D eigenvalue weighted by atomic mass is 10.3. The molecule has 2 N–H and O–H groups in total. The van der Waals surface area contributed by atoms with Crippen LogP contribution >= 0.6 is 11.6 Å². The van der Waals surface area contributed by atoms with Crippen molar-refractivity contribution in [3.63, 3.8) is 0 Å². The van der Waals surface area contributed by atoms with E-state index in [4.69, 9.17) is 21.1 Å². The van der Waals surface area contributed by atoms with Crippen molar-refractivity contribution in [2.75, 3.05) is 45.3 Å². The first-order valence-electron chi connectivity index (χ1n) is 6.44. The number of aromatic nitrogens is 1. The number of hydrogen-bond donors (Lipinski definition) is 2. The van der Waals surface area contributed by atoms with Crippen LogP contribution in [-0.2, 0) is 9.47 Å². The Morgan fingerprint density at radius 3 is 2.85 bits per heavy atom. The summed E-state index contributed by atoms with van der Waals surface area (Å²) in [7, 11) is 1.61. The molecule has 0 atom stereocenters. The lowest BCUT2D eigenvalue weighted by Crippen LogP contribution is -2.28. The molecule has 0 radical (unpaired) electrons. The summed E-state index contributed by atoms with van der Waals surface area (Å²) in [5.74, 6) is 0.309. The molecule has 7 heteroatoms. The van der Waals surface area contributed by atoms with E-state index in [9.17, 15) is 4.79 Å². The first-order valence-corrected chi connectivity index (χ1v) is 6.82. The van der Waals surface area contributed by atoms with Gasteiger partial charge in [-0.3, -0.25) is 4.79 Å². The van der Waals surface area contributed by atoms with Crippen molar-refractivity contribution in [2.24, 2.45) is 0 Å². The van der Waals surface area contributed by atoms with Gasteiger partial charge < -0.3 is 20.1 Å². The van der Waals surface area contributed by atoms with Crippen molar-refractivity contribution < 1.29 is 14.3 Å². The number of hydrogen-bond acceptors (Lipinski definition) is 5. The SMILES string of the molecule is CCNc1ccc(Cl)c(C(=O)NCCOCCOC)n1. The summed E-state index contributed by atoms with van der Waals surface area (Å²) < 4.78 is 10.1. The molecule has 0 aliphatic carbocycles. The highest BCUT2D eigenvalue weighted by molar-refractivity contribution is 6.33. The van der Waals surface area contributed by atoms with E-state index in [2.05, 4.69) is 15.6 Å². The van der Waals surface area contributed by atoms with Gasteiger partial charge in [-0.1, -0.05) is 11.6 Å². The minimum Gasteiger partial charge on any atom is -0.382 e. The van der Waals surface area contributed by atoms with Crippen molar-refractivity contribution in [1.82, 2.24) is 10.3 Å². The van der Waals surface area contributed by atoms with Gasteiger partial charge in [-0.05, 0) is 19.1 Å². The van der Waals surface area contributed by atoms with Gasteiger partial charge in [-0.2, -0.15) is 0 Å². The minimum absolute atomic E-state index is 0.210. The topological polar surface area (TPSA) is 72.5 Å². The molecule has 0 saturated heterocycles. The van der Waals surface area contributed by atoms with Crippen molar-refractivity contribution in [1.29, 1.82) is 0 Å². The molecule has 1 rings (SSSR count). The van der Waals surface area contributed by atoms with Crippen LogP contribution in [0.25, 0.3) is 0 Å². The van der Waals surface area contributed by atoms with Gasteiger partial charge in [0, 0.05) is 20.2 Å². The van der Waals surface area contributed by atoms with E-state index in [0.717, 1.165) is 6.54 Å². The summed E-state index contributed by atoms with van der Waals surface area (Å²) in [6.45, 7) is 4.52. The molecule has 0 aliphatic rings. The number of rotatable bonds is 9. The largest absolute Gasteiger partial charge is 0.382 e. The number of pyridine rings is 1. The highest BCUT2D eigenvalue weighted by atomic mass is 35.5. The molecule has 112 valence electrons. The zero-order valence-corrected chi connectivity index (χ0v) is 12.5. The van der Waals surface area contributed by atoms with Gasteiger partial charge in [0.05, 0.1) is 24.8 Å². The van der Waals surface area contributed by atoms with Crippen LogP contribution in [0.4, 0.5) is 5.82 Å². The number of nitrogens with zero attached hydrogens (tertiary/aromatic N) is 1. The molecule has 0 aliphatic heterocycles. The highest BCUT2D eigenvalue weighted by Crippen LogP contribution is 2.16. The summed E-state index contributed by atoms with van der Waals surface area (Å²) >= 11 is 5.97. The van der Waals surface area contributed by atoms with Gasteiger partial charge in [-0.15, -0.1) is 0 Å². The van der Waals surface area contributed by atoms with Gasteiger partial charge >= 0.3 is 0 Å². The van der Waals surface area contributed by atoms with E-state index >= 15 is 0 Å². The second-order valence-corrected chi connectivity index (χ2v) is 4.33. The Morgan fingerprint density at radius 2 is 2.15 bits per heavy atom. The van der Waals surface area contributed by atoms with Gasteiger partial charge in [0.2, 0.25) is 0 Å². The molecule has 6 nitrogen and oxygen atoms in total. The maximum atomic E-state index is 11.9. The van der Waals surface area contributed by atoms with E-state index in [1.165, 1.54) is 0 Å². The Hall–Kier alpha value is -1.37. The second-order valence-electron chi connectivity index (χ2n) is 3.92. The smallest absolute Gasteiger partial charge is 0.271 e. The fraction of sp³-hybridized carbons (Fsp3) is 0.538. The van der Waals surface area contributed by atoms with Crippen LogP contribution in [0.5, 0.6) is 0 Å². The van der Waals surface area contributed by atoms with Crippen molar-refractivity contribution in [3.8, 4) is 0 Å². The molecular formula is C13H20ClN3O3. The quantitative estimate of drug-likeness (QED) is 0.677. The number of nitrogens with one attached hydrogen (secondary N) is 2. The number of ether oxygens (including phenoxy) is 2. The molecule has 1 aromatic heterocycles. The molecule has 0 saturated carbocycles. The molecule has 1 aromatic rings. The minimum atomic E-state index is -0.315. The number of halogens is 1. The molecule has 0 spiro atoms. The van der Waals surface area contributed by atoms with Gasteiger partial charge in [0.15, 0.2) is 0 Å². The maximum absolute atomic E-state index is 11.9. The fourth-order valence-corrected chi connectivity index (χ4v) is 1.64. The second kappa shape index (κ2) is 9.52. The average molecular weight is 302 g/mol. The van der Waals surface area contributed by atoms with Crippen LogP contribution in [0.1, 0.15) is 17.4 Å². The Morgan fingerprint density at radius 1 is 1.35 bits per heavy atom. The maximum Gasteiger partial charge on any atom is 0.271 e. The van der Waals surface area contributed by atoms with Crippen LogP contribution in [0, 0.1) is 0 Å². The van der Waals surface area contributed by atoms with E-state index in [-0.39, 0.29) is 11.6 Å². The Balaban J connectivity index is 2.44. The summed E-state index contributed by atoms with van der Waals surface area (Å²) in [4.78, 5) is 16.1. The monoisotopic (exact) mass is 301 g/mol. The third-order valence-corrected chi connectivity index (χ3v) is 2.69. The Labute approximate surface area is 123 Å². The molecular weight excluding hydrogens is 282 g/mol. The average Bonchev–Trinajstić information content (AvgIpc) is 2.45. The van der Waals surface area contributed by atoms with Crippen molar-refractivity contribution in [3.05, 3.63) is 22.8 Å². The first-order chi connectivity index (χ1) is 9.69. The predicted molar refractivity (Wildman–Crippen MR) is 78.4 cm³/mol. The summed E-state index contributed by atoms with van der Waals surface area (Å²) in [6.07, 6.45) is 0. The summed E-state index contributed by atoms with van der Waals surface area (Å²) in [5.41, 5.74) is 0.210. The number of methoxy groups -OCH3 is 1. The molecule has 0 fully saturated rings. The predicted octanol–water partition coefficient (Wildman–Crippen LogP) is 1.56. The lowest BCUT2D eigenvalue weighted by Gasteiger charge is -2.09. The van der Waals surface area contributed by atoms with Gasteiger partial charge in [-0.25, -0.2) is 4.98 Å². The number of carbonyl (C=O) groups excluding carboxylic acids is 1. The van der Waals surface area contributed by atoms with Crippen molar-refractivity contribution >= 4 is 23.3 Å². The van der Waals surface area contributed by atoms with Gasteiger partial charge in [0.1, 0.15) is 11.5 Å². The highest BCUT2D eigenvalue weighted by Gasteiger charge is 2.12. The first kappa shape index (κ1) is 16.7. The van der Waals surface area contributed by atoms with E-state index in [0.29, 0.717) is 37.2 Å². The Kier molecular flexibility index (Phi) is 7.94. The number of amides is 1. The van der Waals surface area contributed by atoms with E-state index in [1.807, 2.05) is 6.92 Å². The summed E-state index contributed by atoms with van der Waals surface area (Å²) in [6, 6.07) is 3.38. The van der Waals surface area contributed by atoms with Crippen LogP contribution in [-0.4, -0.2) is 50.9 Å². The summed E-state index contributed by atoms with van der Waals surface area (Å²) in [5, 5.41) is 6.06. The zero-order valence-electron chi connectivity index (χ0n) is 11.7. The Bertz CT molecular complexity index is 429. The van der Waals surface area contributed by atoms with Gasteiger partial charge in [0.25, 0.3) is 5.91 Å². The molecule has 1 heterocycles. The lowest BCUT2D eigenvalue weighted by molar-refractivity contribution is 0.0692. The van der Waals surface area contributed by atoms with E-state index < -0.39 is 0 Å². The third kappa shape index (κ3) is 5.73.